The molecular formula is C49H37N3O. The maximum Gasteiger partial charge on any atom is 0.163 e. The SMILES string of the molecule is c1ccc(-c2nc(-c3ccc(-c4cccc(-c5cc6c(oc7cccc(-c8ccccc8)c76)c6ccccc56)c4)cc3)nc(C3CCCCC3)n2)cc1. The number of hydrogen-bond donors (Lipinski definition) is 0. The van der Waals surface area contributed by atoms with Gasteiger partial charge in [0.05, 0.1) is 0 Å². The lowest BCUT2D eigenvalue weighted by Gasteiger charge is -2.21. The first-order valence-electron chi connectivity index (χ1n) is 18.7. The van der Waals surface area contributed by atoms with E-state index in [4.69, 9.17) is 19.4 Å². The molecule has 1 aliphatic rings. The number of nitrogens with zero attached hydrogens (tertiary/aromatic N) is 3. The van der Waals surface area contributed by atoms with E-state index in [1.54, 1.807) is 0 Å². The highest BCUT2D eigenvalue weighted by molar-refractivity contribution is 6.22. The van der Waals surface area contributed by atoms with E-state index in [-0.39, 0.29) is 0 Å². The minimum absolute atomic E-state index is 0.384. The Balaban J connectivity index is 1.05. The Morgan fingerprint density at radius 2 is 1.02 bits per heavy atom. The summed E-state index contributed by atoms with van der Waals surface area (Å²) in [5, 5.41) is 4.56. The van der Waals surface area contributed by atoms with Crippen LogP contribution in [-0.4, -0.2) is 15.0 Å². The van der Waals surface area contributed by atoms with Gasteiger partial charge in [0.25, 0.3) is 0 Å². The van der Waals surface area contributed by atoms with E-state index in [1.165, 1.54) is 46.9 Å². The van der Waals surface area contributed by atoms with E-state index in [1.807, 2.05) is 18.2 Å². The molecule has 0 aliphatic heterocycles. The third-order valence-electron chi connectivity index (χ3n) is 10.9. The van der Waals surface area contributed by atoms with Gasteiger partial charge in [-0.1, -0.05) is 159 Å². The fourth-order valence-corrected chi connectivity index (χ4v) is 8.20. The predicted molar refractivity (Wildman–Crippen MR) is 218 cm³/mol. The Hall–Kier alpha value is -6.39. The van der Waals surface area contributed by atoms with Crippen LogP contribution >= 0.6 is 0 Å². The van der Waals surface area contributed by atoms with Gasteiger partial charge in [0, 0.05) is 33.2 Å². The number of rotatable bonds is 6. The standard InChI is InChI=1S/C49H37N3O/c1-4-14-33(15-5-1)39-24-13-25-44-45(39)43-31-42(40-22-10-11-23-41(40)46(43)53-44)38-21-12-20-37(30-38)32-26-28-36(29-27-32)49-51-47(34-16-6-2-7-17-34)50-48(52-49)35-18-8-3-9-19-35/h1-2,4-7,10-17,20-31,35H,3,8-9,18-19H2. The molecule has 7 aromatic carbocycles. The highest BCUT2D eigenvalue weighted by Crippen LogP contribution is 2.43. The van der Waals surface area contributed by atoms with Gasteiger partial charge >= 0.3 is 0 Å². The van der Waals surface area contributed by atoms with Crippen LogP contribution in [0.4, 0.5) is 0 Å². The molecule has 0 bridgehead atoms. The second kappa shape index (κ2) is 13.3. The first-order valence-corrected chi connectivity index (χ1v) is 18.7. The van der Waals surface area contributed by atoms with Crippen molar-refractivity contribution >= 4 is 32.7 Å². The molecule has 10 rings (SSSR count). The Morgan fingerprint density at radius 3 is 1.77 bits per heavy atom. The van der Waals surface area contributed by atoms with Crippen LogP contribution in [0, 0.1) is 0 Å². The first-order chi connectivity index (χ1) is 26.3. The molecule has 2 aromatic heterocycles. The number of hydrogen-bond acceptors (Lipinski definition) is 4. The normalized spacial score (nSPS) is 13.6. The van der Waals surface area contributed by atoms with E-state index < -0.39 is 0 Å². The Kier molecular flexibility index (Phi) is 7.87. The summed E-state index contributed by atoms with van der Waals surface area (Å²) in [6.07, 6.45) is 6.04. The zero-order valence-corrected chi connectivity index (χ0v) is 29.4. The summed E-state index contributed by atoms with van der Waals surface area (Å²) in [7, 11) is 0. The highest BCUT2D eigenvalue weighted by atomic mass is 16.3. The molecule has 4 nitrogen and oxygen atoms in total. The lowest BCUT2D eigenvalue weighted by atomic mass is 9.88. The Bertz CT molecular complexity index is 2750. The molecule has 9 aromatic rings. The van der Waals surface area contributed by atoms with Gasteiger partial charge in [0.1, 0.15) is 17.0 Å². The van der Waals surface area contributed by atoms with Crippen molar-refractivity contribution in [1.29, 1.82) is 0 Å². The van der Waals surface area contributed by atoms with Crippen LogP contribution in [0.25, 0.3) is 88.9 Å². The smallest absolute Gasteiger partial charge is 0.163 e. The second-order valence-electron chi connectivity index (χ2n) is 14.2. The summed E-state index contributed by atoms with van der Waals surface area (Å²) in [5.41, 5.74) is 10.9. The van der Waals surface area contributed by atoms with E-state index in [0.29, 0.717) is 5.92 Å². The number of fused-ring (bicyclic) bond motifs is 5. The molecule has 0 spiro atoms. The summed E-state index contributed by atoms with van der Waals surface area (Å²) in [5.74, 6) is 2.80. The van der Waals surface area contributed by atoms with Crippen molar-refractivity contribution in [2.45, 2.75) is 38.0 Å². The zero-order chi connectivity index (χ0) is 35.1. The van der Waals surface area contributed by atoms with Crippen molar-refractivity contribution in [1.82, 2.24) is 15.0 Å². The Labute approximate surface area is 308 Å². The zero-order valence-electron chi connectivity index (χ0n) is 29.4. The van der Waals surface area contributed by atoms with Crippen molar-refractivity contribution in [3.05, 3.63) is 164 Å². The van der Waals surface area contributed by atoms with Crippen LogP contribution < -0.4 is 0 Å². The third-order valence-corrected chi connectivity index (χ3v) is 10.9. The monoisotopic (exact) mass is 683 g/mol. The van der Waals surface area contributed by atoms with Crippen LogP contribution in [0.15, 0.2) is 162 Å². The Morgan fingerprint density at radius 1 is 0.415 bits per heavy atom. The average molecular weight is 684 g/mol. The summed E-state index contributed by atoms with van der Waals surface area (Å²) in [6, 6.07) is 55.7. The molecule has 0 unspecified atom stereocenters. The quantitative estimate of drug-likeness (QED) is 0.175. The van der Waals surface area contributed by atoms with Crippen LogP contribution in [0.3, 0.4) is 0 Å². The van der Waals surface area contributed by atoms with Crippen LogP contribution in [0.2, 0.25) is 0 Å². The van der Waals surface area contributed by atoms with Gasteiger partial charge in [0.2, 0.25) is 0 Å². The highest BCUT2D eigenvalue weighted by Gasteiger charge is 2.22. The molecule has 1 aliphatic carbocycles. The van der Waals surface area contributed by atoms with E-state index >= 15 is 0 Å². The molecule has 0 amide bonds. The summed E-state index contributed by atoms with van der Waals surface area (Å²) in [4.78, 5) is 15.1. The topological polar surface area (TPSA) is 51.8 Å². The minimum Gasteiger partial charge on any atom is -0.455 e. The van der Waals surface area contributed by atoms with E-state index in [9.17, 15) is 0 Å². The largest absolute Gasteiger partial charge is 0.455 e. The van der Waals surface area contributed by atoms with Gasteiger partial charge in [0.15, 0.2) is 11.6 Å². The van der Waals surface area contributed by atoms with Crippen molar-refractivity contribution in [3.63, 3.8) is 0 Å². The third kappa shape index (κ3) is 5.77. The maximum atomic E-state index is 6.62. The van der Waals surface area contributed by atoms with Gasteiger partial charge in [-0.15, -0.1) is 0 Å². The minimum atomic E-state index is 0.384. The van der Waals surface area contributed by atoms with Crippen LogP contribution in [-0.2, 0) is 0 Å². The van der Waals surface area contributed by atoms with Crippen LogP contribution in [0.1, 0.15) is 43.8 Å². The molecular weight excluding hydrogens is 647 g/mol. The van der Waals surface area contributed by atoms with Crippen LogP contribution in [0.5, 0.6) is 0 Å². The van der Waals surface area contributed by atoms with Crippen molar-refractivity contribution in [2.75, 3.05) is 0 Å². The fourth-order valence-electron chi connectivity index (χ4n) is 8.20. The molecule has 1 fully saturated rings. The summed E-state index contributed by atoms with van der Waals surface area (Å²) < 4.78 is 6.62. The number of furan rings is 1. The number of aromatic nitrogens is 3. The van der Waals surface area contributed by atoms with Gasteiger partial charge in [-0.25, -0.2) is 15.0 Å². The van der Waals surface area contributed by atoms with Gasteiger partial charge < -0.3 is 4.42 Å². The van der Waals surface area contributed by atoms with Crippen molar-refractivity contribution in [3.8, 4) is 56.2 Å². The van der Waals surface area contributed by atoms with Gasteiger partial charge in [-0.2, -0.15) is 0 Å². The fraction of sp³-hybridized carbons (Fsp3) is 0.122. The molecule has 0 radical (unpaired) electrons. The summed E-state index contributed by atoms with van der Waals surface area (Å²) >= 11 is 0. The second-order valence-corrected chi connectivity index (χ2v) is 14.2. The summed E-state index contributed by atoms with van der Waals surface area (Å²) in [6.45, 7) is 0. The van der Waals surface area contributed by atoms with E-state index in [2.05, 4.69) is 140 Å². The molecule has 0 N–H and O–H groups in total. The average Bonchev–Trinajstić information content (AvgIpc) is 3.63. The molecule has 1 saturated carbocycles. The maximum absolute atomic E-state index is 6.62. The molecule has 2 heterocycles. The molecule has 0 saturated heterocycles. The molecule has 53 heavy (non-hydrogen) atoms. The van der Waals surface area contributed by atoms with Crippen molar-refractivity contribution < 1.29 is 4.42 Å². The molecule has 4 heteroatoms. The van der Waals surface area contributed by atoms with Crippen molar-refractivity contribution in [2.24, 2.45) is 0 Å². The molecule has 0 atom stereocenters. The van der Waals surface area contributed by atoms with Gasteiger partial charge in [-0.05, 0) is 69.8 Å². The molecule has 254 valence electrons. The lowest BCUT2D eigenvalue weighted by molar-refractivity contribution is 0.428. The predicted octanol–water partition coefficient (Wildman–Crippen LogP) is 13.3. The lowest BCUT2D eigenvalue weighted by Crippen LogP contribution is -2.11. The van der Waals surface area contributed by atoms with Gasteiger partial charge in [-0.3, -0.25) is 0 Å². The van der Waals surface area contributed by atoms with E-state index in [0.717, 1.165) is 79.9 Å². The number of benzene rings is 7. The first kappa shape index (κ1) is 31.4.